The van der Waals surface area contributed by atoms with Gasteiger partial charge in [0.25, 0.3) is 0 Å². The van der Waals surface area contributed by atoms with Gasteiger partial charge in [0.15, 0.2) is 0 Å². The van der Waals surface area contributed by atoms with Crippen molar-refractivity contribution in [2.75, 3.05) is 5.75 Å². The molecule has 84 valence electrons. The number of hydrogen-bond acceptors (Lipinski definition) is 4. The Kier molecular flexibility index (Phi) is 3.61. The monoisotopic (exact) mass is 258 g/mol. The van der Waals surface area contributed by atoms with Gasteiger partial charge in [-0.3, -0.25) is 4.79 Å². The molecule has 0 atom stereocenters. The van der Waals surface area contributed by atoms with Crippen LogP contribution in [0.1, 0.15) is 17.5 Å². The lowest BCUT2D eigenvalue weighted by atomic mass is 10.3. The highest BCUT2D eigenvalue weighted by Gasteiger charge is 2.47. The number of rotatable bonds is 3. The molecule has 0 N–H and O–H groups in total. The third-order valence-corrected chi connectivity index (χ3v) is 3.10. The molecular formula is C7H5F3O3S2. The zero-order chi connectivity index (χ0) is 11.6. The van der Waals surface area contributed by atoms with Gasteiger partial charge in [0.2, 0.25) is 0 Å². The summed E-state index contributed by atoms with van der Waals surface area (Å²) in [4.78, 5) is 10.7. The first-order valence-corrected chi connectivity index (χ1v) is 5.54. The second-order valence-corrected chi connectivity index (χ2v) is 4.77. The molecule has 1 heterocycles. The van der Waals surface area contributed by atoms with E-state index in [1.807, 2.05) is 0 Å². The van der Waals surface area contributed by atoms with Crippen molar-refractivity contribution in [1.82, 2.24) is 0 Å². The fourth-order valence-corrected chi connectivity index (χ4v) is 2.41. The molecule has 0 spiro atoms. The standard InChI is InChI=1S/C7H5F3O3S2/c1-2-14-6-13-3(5(12)15-6)4(11)7(8,9)10/h2H2,1H3. The van der Waals surface area contributed by atoms with Gasteiger partial charge in [-0.1, -0.05) is 6.92 Å². The summed E-state index contributed by atoms with van der Waals surface area (Å²) in [7, 11) is 0. The number of thioether (sulfide) groups is 1. The van der Waals surface area contributed by atoms with E-state index >= 15 is 0 Å². The summed E-state index contributed by atoms with van der Waals surface area (Å²) in [5, 5.41) is 10.0. The highest BCUT2D eigenvalue weighted by Crippen LogP contribution is 2.36. The maximum absolute atomic E-state index is 12.0. The molecule has 0 unspecified atom stereocenters. The quantitative estimate of drug-likeness (QED) is 0.475. The van der Waals surface area contributed by atoms with Crippen molar-refractivity contribution in [3.63, 3.8) is 0 Å². The van der Waals surface area contributed by atoms with E-state index in [-0.39, 0.29) is 4.41 Å². The molecule has 0 fully saturated rings. The lowest BCUT2D eigenvalue weighted by Gasteiger charge is -1.99. The van der Waals surface area contributed by atoms with Crippen LogP contribution in [-0.4, -0.2) is 17.7 Å². The van der Waals surface area contributed by atoms with Crippen LogP contribution >= 0.6 is 23.1 Å². The van der Waals surface area contributed by atoms with Gasteiger partial charge in [-0.25, -0.2) is 0 Å². The molecule has 3 nitrogen and oxygen atoms in total. The topological polar surface area (TPSA) is 51.4 Å². The summed E-state index contributed by atoms with van der Waals surface area (Å²) in [6.45, 7) is 1.75. The fraction of sp³-hybridized carbons (Fsp3) is 0.429. The van der Waals surface area contributed by atoms with Crippen molar-refractivity contribution in [3.8, 4) is 5.06 Å². The number of halogens is 3. The molecule has 0 bridgehead atoms. The van der Waals surface area contributed by atoms with Gasteiger partial charge in [0.05, 0.1) is 5.06 Å². The molecule has 0 aliphatic carbocycles. The van der Waals surface area contributed by atoms with Crippen molar-refractivity contribution in [1.29, 1.82) is 0 Å². The van der Waals surface area contributed by atoms with Crippen LogP contribution in [0.3, 0.4) is 0 Å². The van der Waals surface area contributed by atoms with Gasteiger partial charge in [-0.2, -0.15) is 17.6 Å². The average Bonchev–Trinajstić information content (AvgIpc) is 2.44. The van der Waals surface area contributed by atoms with Gasteiger partial charge < -0.3 is 5.11 Å². The Morgan fingerprint density at radius 3 is 2.67 bits per heavy atom. The van der Waals surface area contributed by atoms with Gasteiger partial charge in [0.1, 0.15) is 0 Å². The minimum atomic E-state index is -5.07. The third-order valence-electron chi connectivity index (χ3n) is 1.27. The zero-order valence-electron chi connectivity index (χ0n) is 7.38. The molecule has 8 heteroatoms. The Morgan fingerprint density at radius 1 is 1.60 bits per heavy atom. The molecule has 0 radical (unpaired) electrons. The second kappa shape index (κ2) is 4.40. The first kappa shape index (κ1) is 12.3. The predicted octanol–water partition coefficient (Wildman–Crippen LogP) is 2.55. The number of alkyl halides is 3. The van der Waals surface area contributed by atoms with Crippen LogP contribution in [0.5, 0.6) is 5.06 Å². The lowest BCUT2D eigenvalue weighted by molar-refractivity contribution is -0.264. The van der Waals surface area contributed by atoms with Crippen LogP contribution in [0.25, 0.3) is 0 Å². The molecule has 0 saturated heterocycles. The molecule has 0 amide bonds. The predicted molar refractivity (Wildman–Crippen MR) is 47.2 cm³/mol. The largest absolute Gasteiger partial charge is 0.858 e. The van der Waals surface area contributed by atoms with E-state index in [1.54, 1.807) is 6.92 Å². The first-order chi connectivity index (χ1) is 6.86. The van der Waals surface area contributed by atoms with E-state index in [9.17, 15) is 23.1 Å². The smallest absolute Gasteiger partial charge is 0.464 e. The molecule has 0 aromatic carbocycles. The average molecular weight is 258 g/mol. The van der Waals surface area contributed by atoms with Crippen LogP contribution < -0.4 is 5.11 Å². The Hall–Kier alpha value is -0.760. The minimum Gasteiger partial charge on any atom is -0.858 e. The third kappa shape index (κ3) is 2.85. The second-order valence-electron chi connectivity index (χ2n) is 2.33. The maximum atomic E-state index is 12.0. The van der Waals surface area contributed by atoms with Gasteiger partial charge in [-0.15, -0.1) is 0 Å². The Balaban J connectivity index is 3.00. The van der Waals surface area contributed by atoms with Gasteiger partial charge >= 0.3 is 22.1 Å². The summed E-state index contributed by atoms with van der Waals surface area (Å²) in [6, 6.07) is 0. The Labute approximate surface area is 90.9 Å². The summed E-state index contributed by atoms with van der Waals surface area (Å²) in [5.41, 5.74) is 0. The number of carbonyl (C=O) groups excluding carboxylic acids is 1. The zero-order valence-corrected chi connectivity index (χ0v) is 9.02. The van der Waals surface area contributed by atoms with E-state index in [0.717, 1.165) is 11.8 Å². The van der Waals surface area contributed by atoms with Crippen molar-refractivity contribution >= 4 is 28.9 Å². The van der Waals surface area contributed by atoms with Crippen LogP contribution in [0.15, 0.2) is 8.82 Å². The van der Waals surface area contributed by atoms with Crippen LogP contribution in [0.2, 0.25) is 0 Å². The van der Waals surface area contributed by atoms with Crippen molar-refractivity contribution in [2.24, 2.45) is 0 Å². The Bertz CT molecular complexity index is 372. The van der Waals surface area contributed by atoms with Gasteiger partial charge in [0, 0.05) is 5.75 Å². The summed E-state index contributed by atoms with van der Waals surface area (Å²) in [5.74, 6) is -2.83. The molecular weight excluding hydrogens is 253 g/mol. The minimum absolute atomic E-state index is 0.0649. The van der Waals surface area contributed by atoms with Crippen LogP contribution in [0.4, 0.5) is 13.2 Å². The van der Waals surface area contributed by atoms with Crippen LogP contribution in [-0.2, 0) is 0 Å². The number of carbonyl (C=O) groups is 1. The molecule has 1 aromatic rings. The maximum Gasteiger partial charge on any atom is 0.464 e. The Morgan fingerprint density at radius 2 is 2.20 bits per heavy atom. The molecule has 0 aliphatic rings. The lowest BCUT2D eigenvalue weighted by Crippen LogP contribution is -2.23. The molecule has 0 saturated carbocycles. The summed E-state index contributed by atoms with van der Waals surface area (Å²) in [6.07, 6.45) is -5.07. The normalized spacial score (nSPS) is 11.7. The molecule has 1 rings (SSSR count). The van der Waals surface area contributed by atoms with Crippen molar-refractivity contribution < 1.29 is 27.5 Å². The highest BCUT2D eigenvalue weighted by atomic mass is 32.2. The fourth-order valence-electron chi connectivity index (χ4n) is 0.712. The number of ketones is 1. The summed E-state index contributed by atoms with van der Waals surface area (Å²) >= 11 is 1.57. The van der Waals surface area contributed by atoms with Crippen LogP contribution in [0, 0.1) is 0 Å². The van der Waals surface area contributed by atoms with E-state index in [1.165, 1.54) is 0 Å². The van der Waals surface area contributed by atoms with E-state index < -0.39 is 22.8 Å². The SMILES string of the molecule is CCSc1[o+]c(C(=O)C(F)(F)F)c([O-])s1. The van der Waals surface area contributed by atoms with Gasteiger partial charge in [-0.05, 0) is 23.1 Å². The van der Waals surface area contributed by atoms with E-state index in [0.29, 0.717) is 17.1 Å². The van der Waals surface area contributed by atoms with Crippen molar-refractivity contribution in [3.05, 3.63) is 5.76 Å². The molecule has 1 aromatic heterocycles. The highest BCUT2D eigenvalue weighted by molar-refractivity contribution is 8.00. The van der Waals surface area contributed by atoms with Crippen molar-refractivity contribution in [2.45, 2.75) is 17.5 Å². The first-order valence-electron chi connectivity index (χ1n) is 3.74. The molecule has 0 aliphatic heterocycles. The van der Waals surface area contributed by atoms with E-state index in [4.69, 9.17) is 0 Å². The summed E-state index contributed by atoms with van der Waals surface area (Å²) < 4.78 is 40.5. The number of hydrogen-bond donors (Lipinski definition) is 0. The molecule has 15 heavy (non-hydrogen) atoms. The number of Topliss-reactive ketones (excluding diaryl/α,β-unsaturated/α-hetero) is 1. The van der Waals surface area contributed by atoms with E-state index in [2.05, 4.69) is 4.42 Å².